The van der Waals surface area contributed by atoms with Gasteiger partial charge in [0.2, 0.25) is 0 Å². The topological polar surface area (TPSA) is 98.0 Å². The Labute approximate surface area is 149 Å². The molecule has 0 spiro atoms. The van der Waals surface area contributed by atoms with E-state index >= 15 is 0 Å². The molecule has 3 aromatic heterocycles. The minimum atomic E-state index is -0.0151. The Morgan fingerprint density at radius 3 is 2.54 bits per heavy atom. The number of fused-ring (bicyclic) bond motifs is 2. The maximum Gasteiger partial charge on any atom is 0.257 e. The van der Waals surface area contributed by atoms with Gasteiger partial charge in [-0.1, -0.05) is 0 Å². The number of hydrogen-bond donors (Lipinski definition) is 2. The highest BCUT2D eigenvalue weighted by Crippen LogP contribution is 2.34. The average molecular weight is 350 g/mol. The van der Waals surface area contributed by atoms with Crippen molar-refractivity contribution in [2.45, 2.75) is 24.9 Å². The van der Waals surface area contributed by atoms with Crippen LogP contribution in [0, 0.1) is 0 Å². The Balaban J connectivity index is 1.39. The summed E-state index contributed by atoms with van der Waals surface area (Å²) < 4.78 is 0. The molecule has 2 amide bonds. The first-order valence-electron chi connectivity index (χ1n) is 8.76. The van der Waals surface area contributed by atoms with Gasteiger partial charge in [0, 0.05) is 37.1 Å². The van der Waals surface area contributed by atoms with E-state index in [4.69, 9.17) is 0 Å². The van der Waals surface area contributed by atoms with E-state index in [-0.39, 0.29) is 23.9 Å². The van der Waals surface area contributed by atoms with Gasteiger partial charge in [-0.05, 0) is 18.9 Å². The van der Waals surface area contributed by atoms with E-state index in [9.17, 15) is 9.59 Å². The van der Waals surface area contributed by atoms with Gasteiger partial charge in [0.05, 0.1) is 41.1 Å². The van der Waals surface area contributed by atoms with Crippen LogP contribution < -0.4 is 0 Å². The number of carbonyl (C=O) groups is 2. The Morgan fingerprint density at radius 1 is 1.04 bits per heavy atom. The highest BCUT2D eigenvalue weighted by atomic mass is 16.2. The number of likely N-dealkylation sites (tertiary alicyclic amines) is 2. The van der Waals surface area contributed by atoms with Gasteiger partial charge in [-0.2, -0.15) is 5.10 Å². The number of amides is 2. The maximum atomic E-state index is 13.1. The zero-order valence-corrected chi connectivity index (χ0v) is 14.1. The largest absolute Gasteiger partial charge is 0.359 e. The summed E-state index contributed by atoms with van der Waals surface area (Å²) in [6.07, 6.45) is 9.96. The molecule has 8 nitrogen and oxygen atoms in total. The molecular formula is C18H18N6O2. The lowest BCUT2D eigenvalue weighted by atomic mass is 10.1. The molecule has 8 heteroatoms. The number of nitrogens with one attached hydrogen (secondary N) is 2. The number of rotatable bonds is 2. The first-order valence-corrected chi connectivity index (χ1v) is 8.76. The number of aromatic amines is 2. The van der Waals surface area contributed by atoms with E-state index in [1.807, 2.05) is 15.9 Å². The van der Waals surface area contributed by atoms with Crippen LogP contribution in [0.4, 0.5) is 0 Å². The van der Waals surface area contributed by atoms with Crippen molar-refractivity contribution in [1.82, 2.24) is 30.0 Å². The van der Waals surface area contributed by atoms with Crippen molar-refractivity contribution in [3.63, 3.8) is 0 Å². The summed E-state index contributed by atoms with van der Waals surface area (Å²) in [6.45, 7) is 1.34. The molecule has 2 N–H and O–H groups in total. The van der Waals surface area contributed by atoms with E-state index in [1.165, 1.54) is 0 Å². The Morgan fingerprint density at radius 2 is 1.81 bits per heavy atom. The second kappa shape index (κ2) is 5.69. The zero-order chi connectivity index (χ0) is 17.7. The van der Waals surface area contributed by atoms with E-state index in [0.29, 0.717) is 24.2 Å². The van der Waals surface area contributed by atoms with Gasteiger partial charge < -0.3 is 14.8 Å². The number of pyridine rings is 1. The molecule has 132 valence electrons. The van der Waals surface area contributed by atoms with E-state index in [2.05, 4.69) is 20.2 Å². The first-order chi connectivity index (χ1) is 12.7. The molecule has 0 aromatic carbocycles. The van der Waals surface area contributed by atoms with Gasteiger partial charge in [-0.25, -0.2) is 0 Å². The normalized spacial score (nSPS) is 22.2. The SMILES string of the molecule is O=C(c1c[nH]c2cnccc12)N1CC[C@H]2[C@H]1CCN2C(=O)c1cn[nH]c1. The Bertz CT molecular complexity index is 979. The van der Waals surface area contributed by atoms with Crippen LogP contribution in [0.3, 0.4) is 0 Å². The number of hydrogen-bond acceptors (Lipinski definition) is 4. The number of carbonyl (C=O) groups excluding carboxylic acids is 2. The smallest absolute Gasteiger partial charge is 0.257 e. The van der Waals surface area contributed by atoms with Crippen molar-refractivity contribution >= 4 is 22.7 Å². The van der Waals surface area contributed by atoms with Crippen LogP contribution in [-0.2, 0) is 0 Å². The van der Waals surface area contributed by atoms with Gasteiger partial charge in [-0.3, -0.25) is 19.7 Å². The molecule has 0 aliphatic carbocycles. The highest BCUT2D eigenvalue weighted by molar-refractivity contribution is 6.06. The van der Waals surface area contributed by atoms with E-state index < -0.39 is 0 Å². The standard InChI is InChI=1S/C18H18N6O2/c25-17(11-7-21-22-8-11)23-5-2-16-15(23)3-6-24(16)18(26)13-9-20-14-10-19-4-1-12(13)14/h1,4,7-10,15-16,20H,2-3,5-6H2,(H,21,22)/t15-,16+/m0/s1. The molecule has 2 aliphatic rings. The summed E-state index contributed by atoms with van der Waals surface area (Å²) in [5.41, 5.74) is 2.09. The van der Waals surface area contributed by atoms with Gasteiger partial charge in [-0.15, -0.1) is 0 Å². The predicted molar refractivity (Wildman–Crippen MR) is 93.6 cm³/mol. The van der Waals surface area contributed by atoms with E-state index in [1.54, 1.807) is 31.0 Å². The number of nitrogens with zero attached hydrogens (tertiary/aromatic N) is 4. The van der Waals surface area contributed by atoms with Gasteiger partial charge in [0.15, 0.2) is 0 Å². The van der Waals surface area contributed by atoms with Crippen LogP contribution in [0.15, 0.2) is 37.1 Å². The van der Waals surface area contributed by atoms with Crippen LogP contribution in [0.1, 0.15) is 33.6 Å². The molecule has 26 heavy (non-hydrogen) atoms. The lowest BCUT2D eigenvalue weighted by Gasteiger charge is -2.25. The van der Waals surface area contributed by atoms with Crippen molar-refractivity contribution in [2.75, 3.05) is 13.1 Å². The van der Waals surface area contributed by atoms with Crippen LogP contribution in [0.2, 0.25) is 0 Å². The third-order valence-corrected chi connectivity index (χ3v) is 5.56. The predicted octanol–water partition coefficient (Wildman–Crippen LogP) is 1.42. The fourth-order valence-electron chi connectivity index (χ4n) is 4.33. The van der Waals surface area contributed by atoms with E-state index in [0.717, 1.165) is 23.7 Å². The van der Waals surface area contributed by atoms with Crippen LogP contribution >= 0.6 is 0 Å². The molecule has 5 rings (SSSR count). The molecular weight excluding hydrogens is 332 g/mol. The summed E-state index contributed by atoms with van der Waals surface area (Å²) >= 11 is 0. The van der Waals surface area contributed by atoms with Crippen molar-refractivity contribution in [3.8, 4) is 0 Å². The summed E-state index contributed by atoms with van der Waals surface area (Å²) in [4.78, 5) is 36.8. The van der Waals surface area contributed by atoms with Gasteiger partial charge in [0.1, 0.15) is 0 Å². The first kappa shape index (κ1) is 15.1. The second-order valence-electron chi connectivity index (χ2n) is 6.82. The fourth-order valence-corrected chi connectivity index (χ4v) is 4.33. The highest BCUT2D eigenvalue weighted by Gasteiger charge is 2.46. The van der Waals surface area contributed by atoms with Gasteiger partial charge >= 0.3 is 0 Å². The van der Waals surface area contributed by atoms with Crippen molar-refractivity contribution in [3.05, 3.63) is 48.2 Å². The van der Waals surface area contributed by atoms with Crippen LogP contribution in [0.25, 0.3) is 10.9 Å². The lowest BCUT2D eigenvalue weighted by Crippen LogP contribution is -2.41. The van der Waals surface area contributed by atoms with Crippen LogP contribution in [-0.4, -0.2) is 67.0 Å². The molecule has 3 aromatic rings. The fraction of sp³-hybridized carbons (Fsp3) is 0.333. The molecule has 0 radical (unpaired) electrons. The molecule has 2 fully saturated rings. The number of aromatic nitrogens is 4. The molecule has 0 bridgehead atoms. The van der Waals surface area contributed by atoms with Crippen molar-refractivity contribution in [2.24, 2.45) is 0 Å². The third kappa shape index (κ3) is 2.15. The molecule has 2 aliphatic heterocycles. The Kier molecular flexibility index (Phi) is 3.31. The number of H-pyrrole nitrogens is 2. The lowest BCUT2D eigenvalue weighted by molar-refractivity contribution is 0.0692. The summed E-state index contributed by atoms with van der Waals surface area (Å²) in [7, 11) is 0. The third-order valence-electron chi connectivity index (χ3n) is 5.56. The maximum absolute atomic E-state index is 13.1. The average Bonchev–Trinajstić information content (AvgIpc) is 3.44. The quantitative estimate of drug-likeness (QED) is 0.730. The van der Waals surface area contributed by atoms with Crippen molar-refractivity contribution in [1.29, 1.82) is 0 Å². The zero-order valence-electron chi connectivity index (χ0n) is 14.1. The summed E-state index contributed by atoms with van der Waals surface area (Å²) in [6, 6.07) is 2.01. The van der Waals surface area contributed by atoms with Crippen molar-refractivity contribution < 1.29 is 9.59 Å². The summed E-state index contributed by atoms with van der Waals surface area (Å²) in [5.74, 6) is 0.00581. The minimum Gasteiger partial charge on any atom is -0.359 e. The monoisotopic (exact) mass is 350 g/mol. The van der Waals surface area contributed by atoms with Gasteiger partial charge in [0.25, 0.3) is 11.8 Å². The molecule has 5 heterocycles. The molecule has 2 saturated heterocycles. The minimum absolute atomic E-state index is 0.0151. The molecule has 2 atom stereocenters. The second-order valence-corrected chi connectivity index (χ2v) is 6.82. The Hall–Kier alpha value is -3.16. The molecule has 0 saturated carbocycles. The van der Waals surface area contributed by atoms with Crippen LogP contribution in [0.5, 0.6) is 0 Å². The summed E-state index contributed by atoms with van der Waals surface area (Å²) in [5, 5.41) is 7.43. The molecule has 0 unspecified atom stereocenters.